The molecule has 1 amide bonds. The predicted octanol–water partition coefficient (Wildman–Crippen LogP) is 2.83. The highest BCUT2D eigenvalue weighted by atomic mass is 35.5. The summed E-state index contributed by atoms with van der Waals surface area (Å²) in [4.78, 5) is 36.2. The number of H-pyrrole nitrogens is 1. The number of nitrogens with one attached hydrogen (secondary N) is 2. The predicted molar refractivity (Wildman–Crippen MR) is 102 cm³/mol. The van der Waals surface area contributed by atoms with E-state index in [-0.39, 0.29) is 22.7 Å². The molecule has 0 unspecified atom stereocenters. The van der Waals surface area contributed by atoms with Gasteiger partial charge < -0.3 is 10.1 Å². The van der Waals surface area contributed by atoms with Gasteiger partial charge in [0, 0.05) is 5.39 Å². The summed E-state index contributed by atoms with van der Waals surface area (Å²) in [5, 5.41) is 9.64. The fourth-order valence-electron chi connectivity index (χ4n) is 2.56. The number of nitrogens with zero attached hydrogens (tertiary/aromatic N) is 1. The van der Waals surface area contributed by atoms with Crippen molar-refractivity contribution in [1.82, 2.24) is 10.2 Å². The fraction of sp³-hybridized carbons (Fsp3) is 0.158. The number of amides is 1. The minimum Gasteiger partial charge on any atom is -0.452 e. The number of halogens is 2. The van der Waals surface area contributed by atoms with Crippen molar-refractivity contribution in [2.75, 3.05) is 5.32 Å². The second-order valence-corrected chi connectivity index (χ2v) is 6.37. The number of carbonyl (C=O) groups excluding carboxylic acids is 2. The average Bonchev–Trinajstić information content (AvgIpc) is 2.66. The molecule has 0 radical (unpaired) electrons. The lowest BCUT2D eigenvalue weighted by Gasteiger charge is -2.14. The molecule has 28 heavy (non-hydrogen) atoms. The number of aromatic nitrogens is 2. The number of carbonyl (C=O) groups is 2. The van der Waals surface area contributed by atoms with Crippen molar-refractivity contribution in [3.63, 3.8) is 0 Å². The van der Waals surface area contributed by atoms with Crippen molar-refractivity contribution in [3.8, 4) is 0 Å². The zero-order chi connectivity index (χ0) is 20.3. The summed E-state index contributed by atoms with van der Waals surface area (Å²) in [6.07, 6.45) is -1.35. The molecule has 1 heterocycles. The zero-order valence-electron chi connectivity index (χ0n) is 14.7. The van der Waals surface area contributed by atoms with Crippen molar-refractivity contribution in [3.05, 3.63) is 69.4 Å². The first-order valence-electron chi connectivity index (χ1n) is 8.27. The summed E-state index contributed by atoms with van der Waals surface area (Å²) in [5.41, 5.74) is 0.162. The lowest BCUT2D eigenvalue weighted by Crippen LogP contribution is -2.30. The van der Waals surface area contributed by atoms with Gasteiger partial charge in [0.2, 0.25) is 0 Å². The van der Waals surface area contributed by atoms with Gasteiger partial charge in [0.05, 0.1) is 28.2 Å². The van der Waals surface area contributed by atoms with E-state index < -0.39 is 23.8 Å². The van der Waals surface area contributed by atoms with Crippen molar-refractivity contribution in [1.29, 1.82) is 0 Å². The zero-order valence-corrected chi connectivity index (χ0v) is 15.4. The number of ether oxygens (including phenoxy) is 1. The maximum absolute atomic E-state index is 13.1. The summed E-state index contributed by atoms with van der Waals surface area (Å²) in [6.45, 7) is 1.39. The second-order valence-electron chi connectivity index (χ2n) is 5.97. The Morgan fingerprint density at radius 1 is 1.25 bits per heavy atom. The summed E-state index contributed by atoms with van der Waals surface area (Å²) >= 11 is 5.86. The third-order valence-electron chi connectivity index (χ3n) is 3.95. The summed E-state index contributed by atoms with van der Waals surface area (Å²) in [7, 11) is 0. The Labute approximate surface area is 163 Å². The van der Waals surface area contributed by atoms with E-state index in [2.05, 4.69) is 15.5 Å². The fourth-order valence-corrected chi connectivity index (χ4v) is 2.77. The Kier molecular flexibility index (Phi) is 5.70. The standard InChI is InChI=1S/C19H15ClFN3O4/c1-10(18(26)22-15-7-6-11(21)8-14(15)20)28-17(25)9-16-12-4-2-3-5-13(12)19(27)24-23-16/h2-8,10H,9H2,1H3,(H,22,26)(H,24,27)/t10-/m0/s1. The number of hydrogen-bond acceptors (Lipinski definition) is 5. The highest BCUT2D eigenvalue weighted by molar-refractivity contribution is 6.33. The summed E-state index contributed by atoms with van der Waals surface area (Å²) < 4.78 is 18.2. The van der Waals surface area contributed by atoms with Crippen LogP contribution in [0.4, 0.5) is 10.1 Å². The third kappa shape index (κ3) is 4.34. The van der Waals surface area contributed by atoms with Gasteiger partial charge in [-0.1, -0.05) is 29.8 Å². The summed E-state index contributed by atoms with van der Waals surface area (Å²) in [6, 6.07) is 10.2. The van der Waals surface area contributed by atoms with Crippen molar-refractivity contribution < 1.29 is 18.7 Å². The number of esters is 1. The monoisotopic (exact) mass is 403 g/mol. The highest BCUT2D eigenvalue weighted by Gasteiger charge is 2.20. The molecule has 1 atom stereocenters. The van der Waals surface area contributed by atoms with Crippen molar-refractivity contribution in [2.24, 2.45) is 0 Å². The van der Waals surface area contributed by atoms with Gasteiger partial charge in [-0.15, -0.1) is 0 Å². The van der Waals surface area contributed by atoms with Crippen LogP contribution >= 0.6 is 11.6 Å². The van der Waals surface area contributed by atoms with Crippen LogP contribution in [-0.2, 0) is 20.7 Å². The molecular formula is C19H15ClFN3O4. The van der Waals surface area contributed by atoms with E-state index in [0.717, 1.165) is 12.1 Å². The molecule has 2 aromatic carbocycles. The number of rotatable bonds is 5. The van der Waals surface area contributed by atoms with Crippen LogP contribution in [0.25, 0.3) is 10.8 Å². The van der Waals surface area contributed by atoms with Crippen molar-refractivity contribution >= 4 is 39.9 Å². The first-order valence-corrected chi connectivity index (χ1v) is 8.64. The van der Waals surface area contributed by atoms with Gasteiger partial charge in [-0.05, 0) is 31.2 Å². The molecule has 1 aromatic heterocycles. The lowest BCUT2D eigenvalue weighted by atomic mass is 10.1. The quantitative estimate of drug-likeness (QED) is 0.638. The van der Waals surface area contributed by atoms with E-state index in [4.69, 9.17) is 16.3 Å². The Morgan fingerprint density at radius 3 is 2.68 bits per heavy atom. The number of fused-ring (bicyclic) bond motifs is 1. The Morgan fingerprint density at radius 2 is 1.96 bits per heavy atom. The van der Waals surface area contributed by atoms with Gasteiger partial charge in [-0.3, -0.25) is 14.4 Å². The second kappa shape index (κ2) is 8.18. The molecule has 9 heteroatoms. The largest absolute Gasteiger partial charge is 0.452 e. The van der Waals surface area contributed by atoms with Crippen LogP contribution in [0.15, 0.2) is 47.3 Å². The third-order valence-corrected chi connectivity index (χ3v) is 4.27. The topological polar surface area (TPSA) is 101 Å². The van der Waals surface area contributed by atoms with E-state index >= 15 is 0 Å². The molecule has 3 rings (SSSR count). The molecule has 3 aromatic rings. The lowest BCUT2D eigenvalue weighted by molar-refractivity contribution is -0.152. The van der Waals surface area contributed by atoms with Gasteiger partial charge in [0.25, 0.3) is 11.5 Å². The van der Waals surface area contributed by atoms with Gasteiger partial charge in [-0.25, -0.2) is 9.49 Å². The minimum absolute atomic E-state index is 0.0239. The molecule has 2 N–H and O–H groups in total. The smallest absolute Gasteiger partial charge is 0.312 e. The molecule has 0 aliphatic rings. The van der Waals surface area contributed by atoms with Crippen LogP contribution < -0.4 is 10.9 Å². The van der Waals surface area contributed by atoms with Crippen LogP contribution in [0.2, 0.25) is 5.02 Å². The molecule has 0 aliphatic carbocycles. The molecule has 0 saturated heterocycles. The van der Waals surface area contributed by atoms with E-state index in [0.29, 0.717) is 16.5 Å². The number of aromatic amines is 1. The molecule has 144 valence electrons. The van der Waals surface area contributed by atoms with Crippen LogP contribution in [-0.4, -0.2) is 28.2 Å². The van der Waals surface area contributed by atoms with Crippen LogP contribution in [0.5, 0.6) is 0 Å². The molecule has 7 nitrogen and oxygen atoms in total. The number of anilines is 1. The minimum atomic E-state index is -1.12. The molecule has 0 spiro atoms. The molecule has 0 saturated carbocycles. The van der Waals surface area contributed by atoms with E-state index in [1.165, 1.54) is 13.0 Å². The Hall–Kier alpha value is -3.26. The number of benzene rings is 2. The van der Waals surface area contributed by atoms with Crippen LogP contribution in [0.3, 0.4) is 0 Å². The van der Waals surface area contributed by atoms with E-state index in [9.17, 15) is 18.8 Å². The normalized spacial score (nSPS) is 11.8. The maximum atomic E-state index is 13.1. The molecule has 0 bridgehead atoms. The Bertz CT molecular complexity index is 1120. The van der Waals surface area contributed by atoms with Crippen LogP contribution in [0, 0.1) is 5.82 Å². The average molecular weight is 404 g/mol. The maximum Gasteiger partial charge on any atom is 0.312 e. The number of hydrogen-bond donors (Lipinski definition) is 2. The Balaban J connectivity index is 1.67. The van der Waals surface area contributed by atoms with Crippen LogP contribution in [0.1, 0.15) is 12.6 Å². The van der Waals surface area contributed by atoms with E-state index in [1.807, 2.05) is 0 Å². The molecule has 0 aliphatic heterocycles. The SMILES string of the molecule is C[C@H](OC(=O)Cc1n[nH]c(=O)c2ccccc12)C(=O)Nc1ccc(F)cc1Cl. The van der Waals surface area contributed by atoms with Gasteiger partial charge in [0.15, 0.2) is 6.10 Å². The van der Waals surface area contributed by atoms with Gasteiger partial charge in [0.1, 0.15) is 5.82 Å². The van der Waals surface area contributed by atoms with Gasteiger partial charge >= 0.3 is 5.97 Å². The first kappa shape index (κ1) is 19.5. The van der Waals surface area contributed by atoms with Crippen molar-refractivity contribution in [2.45, 2.75) is 19.4 Å². The van der Waals surface area contributed by atoms with Gasteiger partial charge in [-0.2, -0.15) is 5.10 Å². The van der Waals surface area contributed by atoms with E-state index in [1.54, 1.807) is 24.3 Å². The molecular weight excluding hydrogens is 389 g/mol. The molecule has 0 fully saturated rings. The highest BCUT2D eigenvalue weighted by Crippen LogP contribution is 2.22. The first-order chi connectivity index (χ1) is 13.3. The summed E-state index contributed by atoms with van der Waals surface area (Å²) in [5.74, 6) is -1.86.